The van der Waals surface area contributed by atoms with Crippen LogP contribution in [0.5, 0.6) is 11.5 Å². The average Bonchev–Trinajstić information content (AvgIpc) is 3.71. The maximum absolute atomic E-state index is 13.6. The molecule has 16 heteroatoms. The van der Waals surface area contributed by atoms with Crippen LogP contribution in [0.3, 0.4) is 0 Å². The van der Waals surface area contributed by atoms with Gasteiger partial charge < -0.3 is 47.2 Å². The molecular weight excluding hydrogens is 861 g/mol. The smallest absolute Gasteiger partial charge is 0.313 e. The number of esters is 1. The Balaban J connectivity index is 0.813. The fraction of sp³-hybridized carbons (Fsp3) is 0.549. The topological polar surface area (TPSA) is 176 Å². The summed E-state index contributed by atoms with van der Waals surface area (Å²) in [6.07, 6.45) is 6.33. The minimum absolute atomic E-state index is 0.0125. The quantitative estimate of drug-likeness (QED) is 0.0204. The van der Waals surface area contributed by atoms with Crippen LogP contribution in [-0.4, -0.2) is 120 Å². The number of carbonyl (C=O) groups is 2. The number of hydrazone groups is 1. The van der Waals surface area contributed by atoms with E-state index in [0.717, 1.165) is 89.0 Å². The zero-order chi connectivity index (χ0) is 47.2. The van der Waals surface area contributed by atoms with Crippen molar-refractivity contribution in [1.29, 1.82) is 0 Å². The highest BCUT2D eigenvalue weighted by atomic mass is 16.6. The van der Waals surface area contributed by atoms with Crippen molar-refractivity contribution in [3.63, 3.8) is 0 Å². The van der Waals surface area contributed by atoms with Crippen molar-refractivity contribution in [2.24, 2.45) is 5.10 Å². The van der Waals surface area contributed by atoms with Gasteiger partial charge in [0.05, 0.1) is 113 Å². The minimum Gasteiger partial charge on any atom is -0.494 e. The summed E-state index contributed by atoms with van der Waals surface area (Å²) < 4.78 is 52.0. The molecular formula is C51H68N4O12. The van der Waals surface area contributed by atoms with Crippen LogP contribution in [0.1, 0.15) is 100.0 Å². The summed E-state index contributed by atoms with van der Waals surface area (Å²) in [5.74, 6) is 0.134. The number of ether oxygens (including phenoxy) is 9. The Labute approximate surface area is 393 Å². The van der Waals surface area contributed by atoms with Crippen LogP contribution in [-0.2, 0) is 62.3 Å². The molecule has 0 fully saturated rings. The van der Waals surface area contributed by atoms with Crippen LogP contribution in [0.4, 0.5) is 0 Å². The second-order valence-corrected chi connectivity index (χ2v) is 16.4. The van der Waals surface area contributed by atoms with E-state index in [1.165, 1.54) is 0 Å². The number of pyridine rings is 2. The first-order valence-electron chi connectivity index (χ1n) is 23.9. The SMILES string of the molecule is CCCOCCOCCOCCOCCOCCOCCCCCCOc1ccc(/C(C)=N/NC(=O)COc2ccc3nc4c(c(CC)c3c2)Cn2c-4cc3c(c2=O)COC(=O)[C@@H]3CC)cc1. The highest BCUT2D eigenvalue weighted by Gasteiger charge is 2.34. The highest BCUT2D eigenvalue weighted by Crippen LogP contribution is 2.39. The number of hydrogen-bond acceptors (Lipinski definition) is 14. The predicted octanol–water partition coefficient (Wildman–Crippen LogP) is 6.91. The lowest BCUT2D eigenvalue weighted by molar-refractivity contribution is -0.148. The van der Waals surface area contributed by atoms with Gasteiger partial charge in [0.15, 0.2) is 6.61 Å². The maximum atomic E-state index is 13.6. The van der Waals surface area contributed by atoms with E-state index in [1.807, 2.05) is 56.3 Å². The van der Waals surface area contributed by atoms with Crippen molar-refractivity contribution in [2.45, 2.75) is 91.7 Å². The van der Waals surface area contributed by atoms with Gasteiger partial charge >= 0.3 is 5.97 Å². The molecule has 4 aromatic rings. The lowest BCUT2D eigenvalue weighted by Crippen LogP contribution is -2.32. The van der Waals surface area contributed by atoms with Crippen molar-refractivity contribution in [2.75, 3.05) is 92.5 Å². The van der Waals surface area contributed by atoms with Crippen LogP contribution in [0.25, 0.3) is 22.3 Å². The predicted molar refractivity (Wildman–Crippen MR) is 254 cm³/mol. The number of benzene rings is 2. The van der Waals surface area contributed by atoms with E-state index in [4.69, 9.17) is 47.6 Å². The maximum Gasteiger partial charge on any atom is 0.313 e. The van der Waals surface area contributed by atoms with Crippen molar-refractivity contribution in [3.05, 3.63) is 86.7 Å². The molecule has 0 unspecified atom stereocenters. The normalized spacial score (nSPS) is 14.2. The third-order valence-corrected chi connectivity index (χ3v) is 11.6. The molecule has 0 spiro atoms. The molecule has 2 aliphatic heterocycles. The van der Waals surface area contributed by atoms with Crippen molar-refractivity contribution in [3.8, 4) is 22.9 Å². The summed E-state index contributed by atoms with van der Waals surface area (Å²) in [5.41, 5.74) is 9.48. The summed E-state index contributed by atoms with van der Waals surface area (Å²) in [4.78, 5) is 43.9. The lowest BCUT2D eigenvalue weighted by Gasteiger charge is -2.24. The van der Waals surface area contributed by atoms with Crippen molar-refractivity contribution in [1.82, 2.24) is 15.0 Å². The van der Waals surface area contributed by atoms with Gasteiger partial charge in [0.2, 0.25) is 0 Å². The molecule has 0 radical (unpaired) electrons. The average molecular weight is 929 g/mol. The third-order valence-electron chi connectivity index (χ3n) is 11.6. The van der Waals surface area contributed by atoms with Gasteiger partial charge in [-0.1, -0.05) is 27.2 Å². The molecule has 4 heterocycles. The number of amides is 1. The molecule has 2 aliphatic rings. The Kier molecular flexibility index (Phi) is 21.0. The van der Waals surface area contributed by atoms with Gasteiger partial charge in [-0.05, 0) is 111 Å². The first-order valence-corrected chi connectivity index (χ1v) is 23.9. The number of unbranched alkanes of at least 4 members (excludes halogenated alkanes) is 3. The second kappa shape index (κ2) is 27.6. The Hall–Kier alpha value is -5.23. The zero-order valence-corrected chi connectivity index (χ0v) is 39.7. The number of aromatic nitrogens is 2. The molecule has 1 N–H and O–H groups in total. The standard InChI is InChI=1S/C51H68N4O12/c1-5-18-59-21-23-61-25-27-63-29-30-64-28-26-62-24-22-60-19-10-8-9-11-20-65-38-14-12-37(13-15-38)36(4)53-54-48(56)35-66-39-16-17-46-43(31-39)40(6-2)44-33-55-47(49(44)52-46)32-42-41(7-3)51(58)67-34-45(42)50(55)57/h12-17,31-32,41H,5-11,18-30,33-35H2,1-4H3,(H,54,56)/b53-36+/t41-/m1/s1. The number of nitrogens with zero attached hydrogens (tertiary/aromatic N) is 3. The molecule has 1 atom stereocenters. The largest absolute Gasteiger partial charge is 0.494 e. The minimum atomic E-state index is -0.466. The molecule has 0 bridgehead atoms. The number of hydrogen-bond donors (Lipinski definition) is 1. The van der Waals surface area contributed by atoms with Gasteiger partial charge in [-0.2, -0.15) is 5.10 Å². The van der Waals surface area contributed by atoms with Gasteiger partial charge in [0.1, 0.15) is 18.1 Å². The molecule has 0 aliphatic carbocycles. The first kappa shape index (κ1) is 51.2. The van der Waals surface area contributed by atoms with Crippen LogP contribution in [0.2, 0.25) is 0 Å². The molecule has 67 heavy (non-hydrogen) atoms. The van der Waals surface area contributed by atoms with Gasteiger partial charge in [0.25, 0.3) is 11.5 Å². The van der Waals surface area contributed by atoms with Gasteiger partial charge in [0, 0.05) is 24.2 Å². The number of nitrogens with one attached hydrogen (secondary N) is 1. The number of cyclic esters (lactones) is 1. The molecule has 16 nitrogen and oxygen atoms in total. The Bertz CT molecular complexity index is 2300. The van der Waals surface area contributed by atoms with Gasteiger partial charge in [-0.25, -0.2) is 10.4 Å². The monoisotopic (exact) mass is 928 g/mol. The zero-order valence-electron chi connectivity index (χ0n) is 39.7. The Morgan fingerprint density at radius 3 is 1.97 bits per heavy atom. The van der Waals surface area contributed by atoms with Crippen LogP contribution >= 0.6 is 0 Å². The summed E-state index contributed by atoms with van der Waals surface area (Å²) in [6, 6.07) is 15.1. The van der Waals surface area contributed by atoms with E-state index in [9.17, 15) is 14.4 Å². The molecule has 0 saturated heterocycles. The number of carbonyl (C=O) groups excluding carboxylic acids is 2. The van der Waals surface area contributed by atoms with Crippen LogP contribution < -0.4 is 20.5 Å². The summed E-state index contributed by atoms with van der Waals surface area (Å²) in [5, 5.41) is 5.18. The summed E-state index contributed by atoms with van der Waals surface area (Å²) in [7, 11) is 0. The van der Waals surface area contributed by atoms with E-state index >= 15 is 0 Å². The fourth-order valence-corrected chi connectivity index (χ4v) is 8.04. The van der Waals surface area contributed by atoms with Crippen LogP contribution in [0.15, 0.2) is 58.4 Å². The third kappa shape index (κ3) is 14.9. The number of aryl methyl sites for hydroxylation is 1. The second-order valence-electron chi connectivity index (χ2n) is 16.4. The van der Waals surface area contributed by atoms with E-state index < -0.39 is 11.8 Å². The molecule has 364 valence electrons. The van der Waals surface area contributed by atoms with Crippen molar-refractivity contribution < 1.29 is 52.2 Å². The van der Waals surface area contributed by atoms with E-state index in [0.29, 0.717) is 116 Å². The van der Waals surface area contributed by atoms with Crippen molar-refractivity contribution >= 4 is 28.5 Å². The summed E-state index contributed by atoms with van der Waals surface area (Å²) in [6.45, 7) is 15.7. The lowest BCUT2D eigenvalue weighted by atomic mass is 9.90. The molecule has 0 saturated carbocycles. The molecule has 6 rings (SSSR count). The number of fused-ring (bicyclic) bond motifs is 5. The van der Waals surface area contributed by atoms with E-state index in [1.54, 1.807) is 10.6 Å². The number of rotatable bonds is 32. The fourth-order valence-electron chi connectivity index (χ4n) is 8.04. The molecule has 1 amide bonds. The Morgan fingerprint density at radius 2 is 1.34 bits per heavy atom. The highest BCUT2D eigenvalue weighted by molar-refractivity contribution is 5.99. The Morgan fingerprint density at radius 1 is 0.731 bits per heavy atom. The first-order chi connectivity index (χ1) is 32.8. The molecule has 2 aromatic carbocycles. The van der Waals surface area contributed by atoms with E-state index in [-0.39, 0.29) is 24.7 Å². The molecule has 2 aromatic heterocycles. The van der Waals surface area contributed by atoms with Gasteiger partial charge in [-0.15, -0.1) is 0 Å². The summed E-state index contributed by atoms with van der Waals surface area (Å²) >= 11 is 0. The van der Waals surface area contributed by atoms with E-state index in [2.05, 4.69) is 24.4 Å². The van der Waals surface area contributed by atoms with Crippen LogP contribution in [0, 0.1) is 0 Å². The van der Waals surface area contributed by atoms with Gasteiger partial charge in [-0.3, -0.25) is 14.4 Å².